The fourth-order valence-electron chi connectivity index (χ4n) is 8.11. The molecule has 6 nitrogen and oxygen atoms in total. The molecule has 7 rings (SSSR count). The highest BCUT2D eigenvalue weighted by Gasteiger charge is 2.69. The molecule has 232 valence electrons. The Morgan fingerprint density at radius 2 is 1.84 bits per heavy atom. The first kappa shape index (κ1) is 31.0. The van der Waals surface area contributed by atoms with Crippen molar-refractivity contribution in [3.63, 3.8) is 0 Å². The van der Waals surface area contributed by atoms with E-state index in [9.17, 15) is 13.6 Å². The van der Waals surface area contributed by atoms with Gasteiger partial charge in [-0.3, -0.25) is 9.63 Å². The molecule has 2 bridgehead atoms. The first-order chi connectivity index (χ1) is 20.4. The smallest absolute Gasteiger partial charge is 0.404 e. The molecule has 10 heteroatoms. The van der Waals surface area contributed by atoms with Gasteiger partial charge < -0.3 is 14.6 Å². The van der Waals surface area contributed by atoms with Crippen molar-refractivity contribution in [1.82, 2.24) is 10.4 Å². The van der Waals surface area contributed by atoms with E-state index in [2.05, 4.69) is 52.1 Å². The lowest BCUT2D eigenvalue weighted by atomic mass is 9.43. The predicted octanol–water partition coefficient (Wildman–Crippen LogP) is 6.65. The van der Waals surface area contributed by atoms with E-state index in [4.69, 9.17) is 25.7 Å². The molecule has 0 spiro atoms. The number of hydrogen-bond acceptors (Lipinski definition) is 5. The second kappa shape index (κ2) is 11.7. The van der Waals surface area contributed by atoms with Gasteiger partial charge in [0, 0.05) is 13.0 Å². The van der Waals surface area contributed by atoms with Crippen LogP contribution in [0.3, 0.4) is 0 Å². The molecule has 2 unspecified atom stereocenters. The maximum atomic E-state index is 13.9. The lowest BCUT2D eigenvalue weighted by Crippen LogP contribution is -2.65. The fourth-order valence-corrected chi connectivity index (χ4v) is 8.35. The summed E-state index contributed by atoms with van der Waals surface area (Å²) < 4.78 is 41.3. The number of carbonyl (C=O) groups excluding carboxylic acids is 1. The standard InChI is InChI=1S/C33H42BClF2N2O4/c1-19(2)11-30(34-41-29-14-21-13-28(32(21,3)4)33(29,5)43-34)39-22(15-23(42-39)12-20-9-7-6-8-10-20)18-38-31(40)24-16-26(36)27(37)17-25(24)35/h6-10,16-17,19,21-23,28-30H,11-15,18H2,1-5H3,(H,38,40)/t21-,22?,23?,28-,29+,30-,33-/m0/s1. The minimum Gasteiger partial charge on any atom is -0.404 e. The molecule has 5 fully saturated rings. The lowest BCUT2D eigenvalue weighted by molar-refractivity contribution is -0.200. The molecule has 2 aliphatic heterocycles. The number of amides is 1. The third-order valence-corrected chi connectivity index (χ3v) is 10.9. The van der Waals surface area contributed by atoms with Gasteiger partial charge in [0.1, 0.15) is 0 Å². The van der Waals surface area contributed by atoms with E-state index in [1.807, 2.05) is 23.3 Å². The Hall–Kier alpha value is -2.04. The van der Waals surface area contributed by atoms with Crippen molar-refractivity contribution in [1.29, 1.82) is 0 Å². The molecule has 2 heterocycles. The van der Waals surface area contributed by atoms with Crippen LogP contribution in [0, 0.1) is 34.8 Å². The first-order valence-electron chi connectivity index (χ1n) is 15.6. The van der Waals surface area contributed by atoms with Gasteiger partial charge >= 0.3 is 7.12 Å². The topological polar surface area (TPSA) is 60.0 Å². The van der Waals surface area contributed by atoms with E-state index < -0.39 is 24.7 Å². The Labute approximate surface area is 258 Å². The van der Waals surface area contributed by atoms with Crippen LogP contribution in [0.15, 0.2) is 42.5 Å². The normalized spacial score (nSPS) is 32.0. The Morgan fingerprint density at radius 3 is 2.53 bits per heavy atom. The average Bonchev–Trinajstić information content (AvgIpc) is 3.52. The van der Waals surface area contributed by atoms with Gasteiger partial charge in [0.2, 0.25) is 0 Å². The summed E-state index contributed by atoms with van der Waals surface area (Å²) in [5, 5.41) is 4.77. The molecule has 3 aliphatic carbocycles. The third-order valence-electron chi connectivity index (χ3n) is 10.5. The van der Waals surface area contributed by atoms with E-state index in [1.54, 1.807) is 0 Å². The van der Waals surface area contributed by atoms with Crippen LogP contribution in [0.4, 0.5) is 8.78 Å². The average molecular weight is 615 g/mol. The highest BCUT2D eigenvalue weighted by molar-refractivity contribution is 6.47. The molecular formula is C33H42BClF2N2O4. The maximum Gasteiger partial charge on any atom is 0.478 e. The van der Waals surface area contributed by atoms with Crippen LogP contribution in [0.2, 0.25) is 5.02 Å². The van der Waals surface area contributed by atoms with Gasteiger partial charge in [0.05, 0.1) is 40.4 Å². The monoisotopic (exact) mass is 614 g/mol. The molecule has 0 aromatic heterocycles. The summed E-state index contributed by atoms with van der Waals surface area (Å²) in [7, 11) is -0.470. The molecule has 0 radical (unpaired) electrons. The predicted molar refractivity (Wildman–Crippen MR) is 162 cm³/mol. The van der Waals surface area contributed by atoms with Crippen LogP contribution in [0.1, 0.15) is 76.2 Å². The van der Waals surface area contributed by atoms with Crippen LogP contribution in [0.5, 0.6) is 0 Å². The Balaban J connectivity index is 1.24. The largest absolute Gasteiger partial charge is 0.478 e. The number of halogens is 3. The summed E-state index contributed by atoms with van der Waals surface area (Å²) in [5.74, 6) is -1.55. The van der Waals surface area contributed by atoms with Crippen LogP contribution in [-0.2, 0) is 20.6 Å². The second-order valence-corrected chi connectivity index (χ2v) is 14.6. The first-order valence-corrected chi connectivity index (χ1v) is 16.0. The molecule has 2 saturated heterocycles. The van der Waals surface area contributed by atoms with E-state index in [-0.39, 0.29) is 52.3 Å². The van der Waals surface area contributed by atoms with Crippen molar-refractivity contribution >= 4 is 24.6 Å². The molecule has 43 heavy (non-hydrogen) atoms. The zero-order valence-corrected chi connectivity index (χ0v) is 26.4. The summed E-state index contributed by atoms with van der Waals surface area (Å²) in [6.45, 7) is 11.5. The zero-order chi connectivity index (χ0) is 30.7. The van der Waals surface area contributed by atoms with Crippen molar-refractivity contribution < 1.29 is 27.7 Å². The summed E-state index contributed by atoms with van der Waals surface area (Å²) in [5.41, 5.74) is 0.941. The van der Waals surface area contributed by atoms with Gasteiger partial charge in [-0.25, -0.2) is 8.78 Å². The Kier molecular flexibility index (Phi) is 8.44. The van der Waals surface area contributed by atoms with Crippen molar-refractivity contribution in [2.45, 2.75) is 96.5 Å². The van der Waals surface area contributed by atoms with Gasteiger partial charge in [-0.2, -0.15) is 5.06 Å². The third kappa shape index (κ3) is 5.76. The number of hydrogen-bond donors (Lipinski definition) is 1. The molecule has 1 N–H and O–H groups in total. The zero-order valence-electron chi connectivity index (χ0n) is 25.6. The minimum atomic E-state index is -1.12. The van der Waals surface area contributed by atoms with E-state index in [0.717, 1.165) is 31.4 Å². The van der Waals surface area contributed by atoms with E-state index >= 15 is 0 Å². The molecular weight excluding hydrogens is 573 g/mol. The number of hydroxylamine groups is 2. The summed E-state index contributed by atoms with van der Waals surface area (Å²) in [6, 6.07) is 11.7. The molecule has 2 aromatic rings. The van der Waals surface area contributed by atoms with Crippen LogP contribution >= 0.6 is 11.6 Å². The Morgan fingerprint density at radius 1 is 1.12 bits per heavy atom. The van der Waals surface area contributed by atoms with E-state index in [0.29, 0.717) is 24.2 Å². The fraction of sp³-hybridized carbons (Fsp3) is 0.606. The second-order valence-electron chi connectivity index (χ2n) is 14.2. The number of rotatable bonds is 9. The lowest BCUT2D eigenvalue weighted by Gasteiger charge is -2.64. The molecule has 3 saturated carbocycles. The quantitative estimate of drug-likeness (QED) is 0.253. The van der Waals surface area contributed by atoms with Gasteiger partial charge in [-0.1, -0.05) is 69.6 Å². The SMILES string of the molecule is CC(C)C[C@@H](B1O[C@@H]2C[C@@H]3C[C@@H](C3(C)C)[C@]2(C)O1)N1OC(Cc2ccccc2)CC1CNC(=O)c1cc(F)c(F)cc1Cl. The Bertz CT molecular complexity index is 1350. The summed E-state index contributed by atoms with van der Waals surface area (Å²) in [4.78, 5) is 19.8. The van der Waals surface area contributed by atoms with Crippen LogP contribution in [0.25, 0.3) is 0 Å². The van der Waals surface area contributed by atoms with E-state index in [1.165, 1.54) is 12.0 Å². The van der Waals surface area contributed by atoms with Crippen molar-refractivity contribution in [2.75, 3.05) is 6.54 Å². The van der Waals surface area contributed by atoms with Gasteiger partial charge in [0.15, 0.2) is 11.6 Å². The van der Waals surface area contributed by atoms with Gasteiger partial charge in [-0.05, 0) is 73.5 Å². The molecule has 7 atom stereocenters. The summed E-state index contributed by atoms with van der Waals surface area (Å²) >= 11 is 6.10. The minimum absolute atomic E-state index is 0.0420. The maximum absolute atomic E-state index is 13.9. The van der Waals surface area contributed by atoms with Gasteiger partial charge in [-0.15, -0.1) is 0 Å². The summed E-state index contributed by atoms with van der Waals surface area (Å²) in [6.07, 6.45) is 4.26. The highest BCUT2D eigenvalue weighted by Crippen LogP contribution is 2.66. The van der Waals surface area contributed by atoms with Gasteiger partial charge in [0.25, 0.3) is 5.91 Å². The van der Waals surface area contributed by atoms with Crippen molar-refractivity contribution in [2.24, 2.45) is 23.2 Å². The number of benzene rings is 2. The van der Waals surface area contributed by atoms with Crippen molar-refractivity contribution in [3.8, 4) is 0 Å². The molecule has 1 amide bonds. The van der Waals surface area contributed by atoms with Crippen LogP contribution in [-0.4, -0.2) is 54.4 Å². The molecule has 2 aromatic carbocycles. The van der Waals surface area contributed by atoms with Crippen LogP contribution < -0.4 is 5.32 Å². The number of nitrogens with zero attached hydrogens (tertiary/aromatic N) is 1. The molecule has 5 aliphatic rings. The van der Waals surface area contributed by atoms with Crippen molar-refractivity contribution in [3.05, 3.63) is 70.2 Å². The highest BCUT2D eigenvalue weighted by atomic mass is 35.5. The number of nitrogens with one attached hydrogen (secondary N) is 1. The number of carbonyl (C=O) groups is 1.